The zero-order chi connectivity index (χ0) is 8.60. The van der Waals surface area contributed by atoms with Gasteiger partial charge >= 0.3 is 0 Å². The lowest BCUT2D eigenvalue weighted by molar-refractivity contribution is -0.709. The Labute approximate surface area is 74.4 Å². The highest BCUT2D eigenvalue weighted by atomic mass is 16.3. The SMILES string of the molecule is C[C@H]1[NH2+]CC[C@@]2(O)CCCC[C@@H]12. The lowest BCUT2D eigenvalue weighted by Gasteiger charge is -2.45. The van der Waals surface area contributed by atoms with Gasteiger partial charge in [-0.2, -0.15) is 0 Å². The minimum atomic E-state index is -0.285. The van der Waals surface area contributed by atoms with Gasteiger partial charge in [0.2, 0.25) is 0 Å². The molecule has 1 aliphatic carbocycles. The van der Waals surface area contributed by atoms with Crippen molar-refractivity contribution in [2.75, 3.05) is 6.54 Å². The first-order chi connectivity index (χ1) is 5.72. The van der Waals surface area contributed by atoms with Gasteiger partial charge in [0.1, 0.15) is 0 Å². The second-order valence-corrected chi connectivity index (χ2v) is 4.59. The molecule has 0 bridgehead atoms. The summed E-state index contributed by atoms with van der Waals surface area (Å²) < 4.78 is 0. The summed E-state index contributed by atoms with van der Waals surface area (Å²) >= 11 is 0. The Balaban J connectivity index is 2.12. The molecule has 70 valence electrons. The summed E-state index contributed by atoms with van der Waals surface area (Å²) in [6.07, 6.45) is 5.87. The van der Waals surface area contributed by atoms with Crippen LogP contribution in [0.1, 0.15) is 39.0 Å². The lowest BCUT2D eigenvalue weighted by atomic mass is 9.68. The fourth-order valence-electron chi connectivity index (χ4n) is 3.07. The van der Waals surface area contributed by atoms with Crippen molar-refractivity contribution in [3.63, 3.8) is 0 Å². The van der Waals surface area contributed by atoms with Crippen LogP contribution < -0.4 is 5.32 Å². The Kier molecular flexibility index (Phi) is 2.13. The maximum absolute atomic E-state index is 10.3. The van der Waals surface area contributed by atoms with E-state index < -0.39 is 0 Å². The van der Waals surface area contributed by atoms with E-state index in [-0.39, 0.29) is 5.60 Å². The Morgan fingerprint density at radius 2 is 2.17 bits per heavy atom. The number of hydrogen-bond donors (Lipinski definition) is 2. The molecule has 3 N–H and O–H groups in total. The first-order valence-electron chi connectivity index (χ1n) is 5.28. The van der Waals surface area contributed by atoms with Crippen LogP contribution in [0.15, 0.2) is 0 Å². The normalized spacial score (nSPS) is 48.5. The standard InChI is InChI=1S/C10H19NO/c1-8-9-4-2-3-5-10(9,12)6-7-11-8/h8-9,11-12H,2-7H2,1H3/p+1/t8-,9+,10+/m1/s1. The van der Waals surface area contributed by atoms with Gasteiger partial charge in [-0.25, -0.2) is 0 Å². The molecule has 0 spiro atoms. The zero-order valence-corrected chi connectivity index (χ0v) is 7.92. The summed E-state index contributed by atoms with van der Waals surface area (Å²) in [4.78, 5) is 0. The first-order valence-corrected chi connectivity index (χ1v) is 5.28. The van der Waals surface area contributed by atoms with Gasteiger partial charge < -0.3 is 10.4 Å². The summed E-state index contributed by atoms with van der Waals surface area (Å²) in [6, 6.07) is 0.643. The average Bonchev–Trinajstić information content (AvgIpc) is 2.04. The van der Waals surface area contributed by atoms with Gasteiger partial charge in [-0.15, -0.1) is 0 Å². The molecule has 0 aromatic carbocycles. The van der Waals surface area contributed by atoms with Crippen molar-refractivity contribution in [2.24, 2.45) is 5.92 Å². The smallest absolute Gasteiger partial charge is 0.0886 e. The number of quaternary nitrogens is 1. The number of aliphatic hydroxyl groups is 1. The molecule has 0 aromatic heterocycles. The molecule has 3 atom stereocenters. The number of piperidine rings is 1. The molecule has 2 nitrogen and oxygen atoms in total. The summed E-state index contributed by atoms with van der Waals surface area (Å²) in [5, 5.41) is 12.7. The molecule has 1 aliphatic heterocycles. The Hall–Kier alpha value is -0.0800. The summed E-state index contributed by atoms with van der Waals surface area (Å²) in [5.41, 5.74) is -0.285. The van der Waals surface area contributed by atoms with Crippen molar-refractivity contribution in [2.45, 2.75) is 50.7 Å². The van der Waals surface area contributed by atoms with E-state index in [0.717, 1.165) is 19.4 Å². The molecule has 1 saturated heterocycles. The monoisotopic (exact) mass is 170 g/mol. The third kappa shape index (κ3) is 1.27. The third-order valence-electron chi connectivity index (χ3n) is 3.82. The van der Waals surface area contributed by atoms with E-state index in [4.69, 9.17) is 0 Å². The van der Waals surface area contributed by atoms with Gasteiger partial charge in [-0.1, -0.05) is 12.8 Å². The van der Waals surface area contributed by atoms with E-state index in [1.165, 1.54) is 19.3 Å². The summed E-state index contributed by atoms with van der Waals surface area (Å²) in [6.45, 7) is 3.38. The second-order valence-electron chi connectivity index (χ2n) is 4.59. The Morgan fingerprint density at radius 1 is 1.33 bits per heavy atom. The van der Waals surface area contributed by atoms with Gasteiger partial charge in [-0.05, 0) is 19.8 Å². The molecule has 12 heavy (non-hydrogen) atoms. The van der Waals surface area contributed by atoms with Crippen LogP contribution in [0.5, 0.6) is 0 Å². The van der Waals surface area contributed by atoms with Crippen molar-refractivity contribution >= 4 is 0 Å². The minimum absolute atomic E-state index is 0.285. The van der Waals surface area contributed by atoms with E-state index in [1.54, 1.807) is 0 Å². The Morgan fingerprint density at radius 3 is 2.92 bits per heavy atom. The highest BCUT2D eigenvalue weighted by molar-refractivity contribution is 4.93. The highest BCUT2D eigenvalue weighted by Crippen LogP contribution is 2.38. The van der Waals surface area contributed by atoms with Crippen LogP contribution in [0.4, 0.5) is 0 Å². The van der Waals surface area contributed by atoms with E-state index >= 15 is 0 Å². The predicted octanol–water partition coefficient (Wildman–Crippen LogP) is 0.263. The molecule has 1 saturated carbocycles. The van der Waals surface area contributed by atoms with Gasteiger partial charge in [0.25, 0.3) is 0 Å². The van der Waals surface area contributed by atoms with Crippen molar-refractivity contribution in [3.8, 4) is 0 Å². The molecule has 0 aromatic rings. The fourth-order valence-corrected chi connectivity index (χ4v) is 3.07. The molecule has 1 heterocycles. The van der Waals surface area contributed by atoms with E-state index in [0.29, 0.717) is 12.0 Å². The largest absolute Gasteiger partial charge is 0.389 e. The lowest BCUT2D eigenvalue weighted by Crippen LogP contribution is -2.95. The quantitative estimate of drug-likeness (QED) is 0.538. The molecule has 2 heteroatoms. The zero-order valence-electron chi connectivity index (χ0n) is 7.92. The Bertz CT molecular complexity index is 167. The number of fused-ring (bicyclic) bond motifs is 1. The fraction of sp³-hybridized carbons (Fsp3) is 1.00. The van der Waals surface area contributed by atoms with Gasteiger partial charge in [-0.3, -0.25) is 0 Å². The predicted molar refractivity (Wildman–Crippen MR) is 47.8 cm³/mol. The minimum Gasteiger partial charge on any atom is -0.389 e. The van der Waals surface area contributed by atoms with Crippen LogP contribution in [0.2, 0.25) is 0 Å². The second kappa shape index (κ2) is 3.00. The third-order valence-corrected chi connectivity index (χ3v) is 3.82. The average molecular weight is 170 g/mol. The number of hydrogen-bond acceptors (Lipinski definition) is 1. The molecule has 2 aliphatic rings. The molecule has 2 fully saturated rings. The number of rotatable bonds is 0. The summed E-state index contributed by atoms with van der Waals surface area (Å²) in [7, 11) is 0. The van der Waals surface area contributed by atoms with Crippen LogP contribution in [-0.2, 0) is 0 Å². The first kappa shape index (κ1) is 8.52. The molecule has 0 unspecified atom stereocenters. The topological polar surface area (TPSA) is 36.8 Å². The molecule has 0 amide bonds. The van der Waals surface area contributed by atoms with Gasteiger partial charge in [0.05, 0.1) is 18.2 Å². The van der Waals surface area contributed by atoms with Crippen molar-refractivity contribution in [1.29, 1.82) is 0 Å². The molecule has 2 rings (SSSR count). The van der Waals surface area contributed by atoms with E-state index in [1.807, 2.05) is 0 Å². The summed E-state index contributed by atoms with van der Waals surface area (Å²) in [5.74, 6) is 0.569. The van der Waals surface area contributed by atoms with E-state index in [9.17, 15) is 5.11 Å². The van der Waals surface area contributed by atoms with Gasteiger partial charge in [0, 0.05) is 12.3 Å². The van der Waals surface area contributed by atoms with Crippen molar-refractivity contribution < 1.29 is 10.4 Å². The molecular weight excluding hydrogens is 150 g/mol. The molecular formula is C10H20NO+. The highest BCUT2D eigenvalue weighted by Gasteiger charge is 2.45. The maximum atomic E-state index is 10.3. The number of nitrogens with two attached hydrogens (primary N) is 1. The van der Waals surface area contributed by atoms with Crippen LogP contribution in [0, 0.1) is 5.92 Å². The van der Waals surface area contributed by atoms with Crippen LogP contribution in [-0.4, -0.2) is 23.3 Å². The van der Waals surface area contributed by atoms with Crippen molar-refractivity contribution in [3.05, 3.63) is 0 Å². The molecule has 0 radical (unpaired) electrons. The van der Waals surface area contributed by atoms with Crippen LogP contribution >= 0.6 is 0 Å². The van der Waals surface area contributed by atoms with Gasteiger partial charge in [0.15, 0.2) is 0 Å². The maximum Gasteiger partial charge on any atom is 0.0886 e. The van der Waals surface area contributed by atoms with E-state index in [2.05, 4.69) is 12.2 Å². The van der Waals surface area contributed by atoms with Crippen LogP contribution in [0.25, 0.3) is 0 Å². The van der Waals surface area contributed by atoms with Crippen molar-refractivity contribution in [1.82, 2.24) is 0 Å². The van der Waals surface area contributed by atoms with Crippen LogP contribution in [0.3, 0.4) is 0 Å².